The molecule has 0 aliphatic heterocycles. The maximum Gasteiger partial charge on any atom is 0.174 e. The van der Waals surface area contributed by atoms with Crippen molar-refractivity contribution < 1.29 is 0 Å². The van der Waals surface area contributed by atoms with Gasteiger partial charge in [0.05, 0.1) is 17.9 Å². The van der Waals surface area contributed by atoms with Gasteiger partial charge in [-0.15, -0.1) is 10.2 Å². The van der Waals surface area contributed by atoms with Crippen LogP contribution in [-0.4, -0.2) is 9.97 Å². The van der Waals surface area contributed by atoms with Crippen molar-refractivity contribution in [3.63, 3.8) is 0 Å². The summed E-state index contributed by atoms with van der Waals surface area (Å²) >= 11 is 0. The van der Waals surface area contributed by atoms with Gasteiger partial charge in [0.2, 0.25) is 0 Å². The van der Waals surface area contributed by atoms with E-state index in [9.17, 15) is 0 Å². The first-order valence-corrected chi connectivity index (χ1v) is 6.97. The van der Waals surface area contributed by atoms with E-state index in [2.05, 4.69) is 25.5 Å². The van der Waals surface area contributed by atoms with Crippen LogP contribution in [0.5, 0.6) is 0 Å². The van der Waals surface area contributed by atoms with E-state index in [0.717, 1.165) is 17.1 Å². The van der Waals surface area contributed by atoms with Gasteiger partial charge < -0.3 is 5.32 Å². The van der Waals surface area contributed by atoms with Crippen molar-refractivity contribution in [3.8, 4) is 0 Å². The first kappa shape index (κ1) is 13.9. The number of anilines is 1. The van der Waals surface area contributed by atoms with Crippen LogP contribution in [0.3, 0.4) is 0 Å². The molecule has 0 spiro atoms. The maximum atomic E-state index is 4.29. The van der Waals surface area contributed by atoms with E-state index in [0.29, 0.717) is 12.4 Å². The van der Waals surface area contributed by atoms with E-state index in [4.69, 9.17) is 0 Å². The molecule has 22 heavy (non-hydrogen) atoms. The zero-order valence-corrected chi connectivity index (χ0v) is 11.9. The number of pyridine rings is 2. The second kappa shape index (κ2) is 7.08. The van der Waals surface area contributed by atoms with E-state index in [-0.39, 0.29) is 0 Å². The van der Waals surface area contributed by atoms with Crippen molar-refractivity contribution in [3.05, 3.63) is 78.8 Å². The number of rotatable bonds is 5. The summed E-state index contributed by atoms with van der Waals surface area (Å²) in [6.07, 6.45) is 3.48. The average Bonchev–Trinajstić information content (AvgIpc) is 2.61. The van der Waals surface area contributed by atoms with Crippen molar-refractivity contribution in [2.45, 2.75) is 6.54 Å². The largest absolute Gasteiger partial charge is 0.378 e. The Morgan fingerprint density at radius 1 is 0.773 bits per heavy atom. The van der Waals surface area contributed by atoms with Crippen LogP contribution in [0.4, 0.5) is 17.2 Å². The first-order valence-electron chi connectivity index (χ1n) is 6.97. The fraction of sp³-hybridized carbons (Fsp3) is 0.0588. The molecule has 0 saturated heterocycles. The number of azo groups is 1. The molecule has 0 aliphatic carbocycles. The lowest BCUT2D eigenvalue weighted by atomic mass is 10.2. The highest BCUT2D eigenvalue weighted by atomic mass is 15.2. The van der Waals surface area contributed by atoms with E-state index in [1.54, 1.807) is 12.4 Å². The molecule has 3 aromatic rings. The molecule has 0 aliphatic rings. The third-order valence-corrected chi connectivity index (χ3v) is 3.00. The zero-order valence-electron chi connectivity index (χ0n) is 11.9. The van der Waals surface area contributed by atoms with Crippen LogP contribution in [-0.2, 0) is 6.54 Å². The standard InChI is InChI=1S/C17H15N5/c1-2-9-16(21-22-17-10-4-6-12-19-17)15(8-1)20-13-14-7-3-5-11-18-14/h1-12,20H,13H2. The third-order valence-electron chi connectivity index (χ3n) is 3.00. The fourth-order valence-electron chi connectivity index (χ4n) is 1.92. The fourth-order valence-corrected chi connectivity index (χ4v) is 1.92. The predicted octanol–water partition coefficient (Wildman–Crippen LogP) is 4.50. The molecule has 0 unspecified atom stereocenters. The summed E-state index contributed by atoms with van der Waals surface area (Å²) in [5.41, 5.74) is 2.65. The third kappa shape index (κ3) is 3.73. The van der Waals surface area contributed by atoms with Crippen molar-refractivity contribution in [1.29, 1.82) is 0 Å². The Morgan fingerprint density at radius 3 is 2.32 bits per heavy atom. The van der Waals surface area contributed by atoms with Crippen LogP contribution in [0.2, 0.25) is 0 Å². The lowest BCUT2D eigenvalue weighted by Gasteiger charge is -2.07. The maximum absolute atomic E-state index is 4.29. The number of benzene rings is 1. The second-order valence-corrected chi connectivity index (χ2v) is 4.58. The average molecular weight is 289 g/mol. The van der Waals surface area contributed by atoms with E-state index in [1.165, 1.54) is 0 Å². The number of para-hydroxylation sites is 1. The van der Waals surface area contributed by atoms with Crippen LogP contribution in [0, 0.1) is 0 Å². The number of nitrogens with zero attached hydrogens (tertiary/aromatic N) is 4. The van der Waals surface area contributed by atoms with E-state index in [1.807, 2.05) is 60.7 Å². The van der Waals surface area contributed by atoms with Crippen LogP contribution >= 0.6 is 0 Å². The Kier molecular flexibility index (Phi) is 4.47. The molecule has 1 aromatic carbocycles. The summed E-state index contributed by atoms with van der Waals surface area (Å²) in [6, 6.07) is 19.2. The van der Waals surface area contributed by atoms with Crippen molar-refractivity contribution >= 4 is 17.2 Å². The van der Waals surface area contributed by atoms with Gasteiger partial charge in [-0.1, -0.05) is 24.3 Å². The van der Waals surface area contributed by atoms with Gasteiger partial charge in [0, 0.05) is 12.4 Å². The molecule has 0 radical (unpaired) electrons. The highest BCUT2D eigenvalue weighted by molar-refractivity contribution is 5.64. The SMILES string of the molecule is c1ccc(CNc2ccccc2N=Nc2ccccn2)nc1. The van der Waals surface area contributed by atoms with Crippen LogP contribution in [0.1, 0.15) is 5.69 Å². The Morgan fingerprint density at radius 2 is 1.55 bits per heavy atom. The highest BCUT2D eigenvalue weighted by Gasteiger charge is 2.01. The summed E-state index contributed by atoms with van der Waals surface area (Å²) in [5.74, 6) is 0.585. The molecule has 108 valence electrons. The van der Waals surface area contributed by atoms with Gasteiger partial charge in [0.15, 0.2) is 5.82 Å². The molecule has 5 nitrogen and oxygen atoms in total. The monoisotopic (exact) mass is 289 g/mol. The normalized spacial score (nSPS) is 10.7. The summed E-state index contributed by atoms with van der Waals surface area (Å²) in [6.45, 7) is 0.636. The molecule has 0 amide bonds. The Labute approximate surface area is 128 Å². The molecule has 0 saturated carbocycles. The van der Waals surface area contributed by atoms with Crippen LogP contribution < -0.4 is 5.32 Å². The molecule has 0 fully saturated rings. The van der Waals surface area contributed by atoms with E-state index >= 15 is 0 Å². The summed E-state index contributed by atoms with van der Waals surface area (Å²) in [4.78, 5) is 8.42. The second-order valence-electron chi connectivity index (χ2n) is 4.58. The van der Waals surface area contributed by atoms with Gasteiger partial charge in [-0.2, -0.15) is 0 Å². The summed E-state index contributed by atoms with van der Waals surface area (Å²) in [7, 11) is 0. The number of hydrogen-bond acceptors (Lipinski definition) is 5. The number of nitrogens with one attached hydrogen (secondary N) is 1. The quantitative estimate of drug-likeness (QED) is 0.703. The van der Waals surface area contributed by atoms with Gasteiger partial charge in [-0.25, -0.2) is 4.98 Å². The van der Waals surface area contributed by atoms with Crippen LogP contribution in [0.15, 0.2) is 83.3 Å². The Balaban J connectivity index is 1.74. The number of aromatic nitrogens is 2. The highest BCUT2D eigenvalue weighted by Crippen LogP contribution is 2.26. The van der Waals surface area contributed by atoms with Gasteiger partial charge in [-0.3, -0.25) is 4.98 Å². The summed E-state index contributed by atoms with van der Waals surface area (Å²) in [5, 5.41) is 11.7. The summed E-state index contributed by atoms with van der Waals surface area (Å²) < 4.78 is 0. The molecule has 3 rings (SSSR count). The topological polar surface area (TPSA) is 62.5 Å². The predicted molar refractivity (Wildman–Crippen MR) is 86.4 cm³/mol. The molecule has 0 atom stereocenters. The molecular weight excluding hydrogens is 274 g/mol. The van der Waals surface area contributed by atoms with Gasteiger partial charge in [0.1, 0.15) is 5.69 Å². The van der Waals surface area contributed by atoms with Crippen molar-refractivity contribution in [2.24, 2.45) is 10.2 Å². The lowest BCUT2D eigenvalue weighted by Crippen LogP contribution is -2.01. The molecule has 0 bridgehead atoms. The Hall–Kier alpha value is -3.08. The molecular formula is C17H15N5. The van der Waals surface area contributed by atoms with Crippen molar-refractivity contribution in [1.82, 2.24) is 9.97 Å². The van der Waals surface area contributed by atoms with Gasteiger partial charge in [0.25, 0.3) is 0 Å². The molecule has 5 heteroatoms. The lowest BCUT2D eigenvalue weighted by molar-refractivity contribution is 1.04. The van der Waals surface area contributed by atoms with Crippen LogP contribution in [0.25, 0.3) is 0 Å². The number of hydrogen-bond donors (Lipinski definition) is 1. The minimum atomic E-state index is 0.585. The molecule has 2 heterocycles. The van der Waals surface area contributed by atoms with Gasteiger partial charge >= 0.3 is 0 Å². The molecule has 1 N–H and O–H groups in total. The molecule has 2 aromatic heterocycles. The van der Waals surface area contributed by atoms with Crippen molar-refractivity contribution in [2.75, 3.05) is 5.32 Å². The smallest absolute Gasteiger partial charge is 0.174 e. The Bertz CT molecular complexity index is 741. The minimum absolute atomic E-state index is 0.585. The zero-order chi connectivity index (χ0) is 15.0. The first-order chi connectivity index (χ1) is 10.9. The van der Waals surface area contributed by atoms with Gasteiger partial charge in [-0.05, 0) is 36.4 Å². The minimum Gasteiger partial charge on any atom is -0.378 e. The van der Waals surface area contributed by atoms with E-state index < -0.39 is 0 Å².